The minimum absolute atomic E-state index is 0.271. The predicted molar refractivity (Wildman–Crippen MR) is 56.0 cm³/mol. The first kappa shape index (κ1) is 7.46. The van der Waals surface area contributed by atoms with E-state index in [0.717, 1.165) is 32.1 Å². The van der Waals surface area contributed by atoms with E-state index >= 15 is 0 Å². The Kier molecular flexibility index (Phi) is 2.74. The van der Waals surface area contributed by atoms with E-state index in [1.54, 1.807) is 6.08 Å². The SMILES string of the molecule is [2H]C([2H])([2H])NCC(=O)OC1(CCC=C)CCC1. The van der Waals surface area contributed by atoms with E-state index in [1.165, 1.54) is 0 Å². The molecule has 80 valence electrons. The lowest BCUT2D eigenvalue weighted by molar-refractivity contribution is -0.169. The summed E-state index contributed by atoms with van der Waals surface area (Å²) >= 11 is 0. The minimum Gasteiger partial charge on any atom is -0.458 e. The Morgan fingerprint density at radius 3 is 3.07 bits per heavy atom. The number of allylic oxidation sites excluding steroid dienone is 1. The zero-order valence-electron chi connectivity index (χ0n) is 11.3. The number of nitrogens with one attached hydrogen (secondary N) is 1. The molecular weight excluding hydrogens is 178 g/mol. The first-order chi connectivity index (χ1) is 7.87. The molecule has 1 fully saturated rings. The molecule has 1 N–H and O–H groups in total. The van der Waals surface area contributed by atoms with Crippen molar-refractivity contribution in [2.45, 2.75) is 37.7 Å². The number of carbonyl (C=O) groups excluding carboxylic acids is 1. The third-order valence-corrected chi connectivity index (χ3v) is 2.63. The maximum Gasteiger partial charge on any atom is 0.320 e. The van der Waals surface area contributed by atoms with Crippen molar-refractivity contribution in [2.75, 3.05) is 13.5 Å². The lowest BCUT2D eigenvalue weighted by Gasteiger charge is -2.41. The zero-order chi connectivity index (χ0) is 12.9. The summed E-state index contributed by atoms with van der Waals surface area (Å²) in [7, 11) is 0. The summed E-state index contributed by atoms with van der Waals surface area (Å²) < 4.78 is 26.2. The molecule has 1 aliphatic carbocycles. The molecule has 0 aromatic carbocycles. The van der Waals surface area contributed by atoms with Gasteiger partial charge in [0.25, 0.3) is 0 Å². The largest absolute Gasteiger partial charge is 0.458 e. The number of carbonyl (C=O) groups is 1. The van der Waals surface area contributed by atoms with Crippen LogP contribution in [0.1, 0.15) is 36.2 Å². The van der Waals surface area contributed by atoms with E-state index in [0.29, 0.717) is 0 Å². The van der Waals surface area contributed by atoms with Crippen LogP contribution in [0.25, 0.3) is 0 Å². The van der Waals surface area contributed by atoms with Crippen molar-refractivity contribution < 1.29 is 13.6 Å². The molecule has 0 radical (unpaired) electrons. The number of hydrogen-bond donors (Lipinski definition) is 1. The van der Waals surface area contributed by atoms with Gasteiger partial charge in [0.05, 0.1) is 6.54 Å². The van der Waals surface area contributed by atoms with E-state index in [-0.39, 0.29) is 12.1 Å². The van der Waals surface area contributed by atoms with E-state index in [9.17, 15) is 4.79 Å². The quantitative estimate of drug-likeness (QED) is 0.523. The topological polar surface area (TPSA) is 38.3 Å². The molecule has 14 heavy (non-hydrogen) atoms. The van der Waals surface area contributed by atoms with Crippen LogP contribution in [-0.2, 0) is 9.53 Å². The maximum absolute atomic E-state index is 11.5. The van der Waals surface area contributed by atoms with Gasteiger partial charge < -0.3 is 10.1 Å². The Labute approximate surface area is 89.7 Å². The van der Waals surface area contributed by atoms with E-state index < -0.39 is 12.9 Å². The van der Waals surface area contributed by atoms with E-state index in [4.69, 9.17) is 8.85 Å². The van der Waals surface area contributed by atoms with Crippen LogP contribution >= 0.6 is 0 Å². The van der Waals surface area contributed by atoms with Crippen molar-refractivity contribution in [3.63, 3.8) is 0 Å². The molecule has 1 rings (SSSR count). The number of hydrogen-bond acceptors (Lipinski definition) is 3. The number of likely N-dealkylation sites (N-methyl/N-ethyl adjacent to an activating group) is 1. The number of ether oxygens (including phenoxy) is 1. The molecule has 0 aliphatic heterocycles. The Balaban J connectivity index is 2.35. The third-order valence-electron chi connectivity index (χ3n) is 2.63. The average Bonchev–Trinajstić information content (AvgIpc) is 2.18. The lowest BCUT2D eigenvalue weighted by atomic mass is 9.77. The van der Waals surface area contributed by atoms with Gasteiger partial charge in [-0.2, -0.15) is 0 Å². The molecule has 0 atom stereocenters. The smallest absolute Gasteiger partial charge is 0.320 e. The molecule has 3 nitrogen and oxygen atoms in total. The molecule has 0 bridgehead atoms. The highest BCUT2D eigenvalue weighted by Gasteiger charge is 2.39. The summed E-state index contributed by atoms with van der Waals surface area (Å²) in [5.41, 5.74) is -0.373. The third kappa shape index (κ3) is 2.84. The summed E-state index contributed by atoms with van der Waals surface area (Å²) in [5, 5.41) is 2.15. The lowest BCUT2D eigenvalue weighted by Crippen LogP contribution is -2.43. The van der Waals surface area contributed by atoms with Crippen molar-refractivity contribution >= 4 is 5.97 Å². The van der Waals surface area contributed by atoms with Gasteiger partial charge in [0, 0.05) is 4.11 Å². The van der Waals surface area contributed by atoms with E-state index in [1.807, 2.05) is 0 Å². The summed E-state index contributed by atoms with van der Waals surface area (Å²) in [5.74, 6) is -0.495. The van der Waals surface area contributed by atoms with Crippen LogP contribution in [0.3, 0.4) is 0 Å². The van der Waals surface area contributed by atoms with Crippen LogP contribution in [0.2, 0.25) is 0 Å². The van der Waals surface area contributed by atoms with Gasteiger partial charge in [-0.15, -0.1) is 6.58 Å². The summed E-state index contributed by atoms with van der Waals surface area (Å²) in [6, 6.07) is 0. The Hall–Kier alpha value is -0.830. The molecular formula is C11H19NO2. The molecule has 0 amide bonds. The zero-order valence-corrected chi connectivity index (χ0v) is 8.34. The van der Waals surface area contributed by atoms with Crippen LogP contribution < -0.4 is 5.32 Å². The highest BCUT2D eigenvalue weighted by Crippen LogP contribution is 2.39. The van der Waals surface area contributed by atoms with Gasteiger partial charge in [0.2, 0.25) is 0 Å². The second-order valence-corrected chi connectivity index (χ2v) is 3.69. The first-order valence-corrected chi connectivity index (χ1v) is 4.95. The van der Waals surface area contributed by atoms with E-state index in [2.05, 4.69) is 11.9 Å². The van der Waals surface area contributed by atoms with Gasteiger partial charge in [-0.1, -0.05) is 6.08 Å². The highest BCUT2D eigenvalue weighted by atomic mass is 16.6. The van der Waals surface area contributed by atoms with Gasteiger partial charge >= 0.3 is 5.97 Å². The van der Waals surface area contributed by atoms with Gasteiger partial charge in [-0.3, -0.25) is 4.79 Å². The fourth-order valence-corrected chi connectivity index (χ4v) is 1.69. The molecule has 0 heterocycles. The maximum atomic E-state index is 11.5. The van der Waals surface area contributed by atoms with Crippen LogP contribution in [0.4, 0.5) is 0 Å². The van der Waals surface area contributed by atoms with Gasteiger partial charge in [0.1, 0.15) is 5.60 Å². The van der Waals surface area contributed by atoms with Crippen molar-refractivity contribution in [2.24, 2.45) is 0 Å². The molecule has 0 aromatic rings. The van der Waals surface area contributed by atoms with Crippen molar-refractivity contribution in [3.05, 3.63) is 12.7 Å². The average molecular weight is 200 g/mol. The summed E-state index contributed by atoms with van der Waals surface area (Å²) in [6.45, 7) is 1.07. The molecule has 0 saturated heterocycles. The Bertz CT molecular complexity index is 285. The Morgan fingerprint density at radius 2 is 2.57 bits per heavy atom. The monoisotopic (exact) mass is 200 g/mol. The molecule has 0 unspecified atom stereocenters. The van der Waals surface area contributed by atoms with Gasteiger partial charge in [-0.25, -0.2) is 0 Å². The summed E-state index contributed by atoms with van der Waals surface area (Å²) in [6.07, 6.45) is 6.16. The van der Waals surface area contributed by atoms with Crippen LogP contribution in [0.15, 0.2) is 12.7 Å². The van der Waals surface area contributed by atoms with Crippen molar-refractivity contribution in [3.8, 4) is 0 Å². The molecule has 3 heteroatoms. The van der Waals surface area contributed by atoms with Gasteiger partial charge in [-0.05, 0) is 39.1 Å². The number of rotatable bonds is 6. The first-order valence-electron chi connectivity index (χ1n) is 6.45. The fourth-order valence-electron chi connectivity index (χ4n) is 1.69. The second-order valence-electron chi connectivity index (χ2n) is 3.69. The second kappa shape index (κ2) is 5.15. The summed E-state index contributed by atoms with van der Waals surface area (Å²) in [4.78, 5) is 11.5. The normalized spacial score (nSPS) is 22.4. The highest BCUT2D eigenvalue weighted by molar-refractivity contribution is 5.72. The molecule has 1 saturated carbocycles. The standard InChI is InChI=1S/C11H19NO2/c1-3-4-6-11(7-5-8-11)14-10(13)9-12-2/h3,12H,1,4-9H2,2H3/i2D3. The van der Waals surface area contributed by atoms with Crippen LogP contribution in [0.5, 0.6) is 0 Å². The van der Waals surface area contributed by atoms with Gasteiger partial charge in [0.15, 0.2) is 0 Å². The molecule has 1 aliphatic rings. The predicted octanol–water partition coefficient (Wildman–Crippen LogP) is 1.64. The fraction of sp³-hybridized carbons (Fsp3) is 0.727. The Morgan fingerprint density at radius 1 is 1.79 bits per heavy atom. The van der Waals surface area contributed by atoms with Crippen molar-refractivity contribution in [1.82, 2.24) is 5.32 Å². The van der Waals surface area contributed by atoms with Crippen LogP contribution in [-0.4, -0.2) is 25.1 Å². The minimum atomic E-state index is -2.30. The number of esters is 1. The van der Waals surface area contributed by atoms with Crippen LogP contribution in [0, 0.1) is 0 Å². The van der Waals surface area contributed by atoms with Crippen molar-refractivity contribution in [1.29, 1.82) is 0 Å². The molecule has 0 aromatic heterocycles. The molecule has 0 spiro atoms.